The minimum absolute atomic E-state index is 0.0827. The first-order valence-electron chi connectivity index (χ1n) is 6.38. The summed E-state index contributed by atoms with van der Waals surface area (Å²) in [5.74, 6) is -0.0827. The molecule has 0 aliphatic heterocycles. The van der Waals surface area contributed by atoms with Crippen molar-refractivity contribution < 1.29 is 4.79 Å². The third-order valence-electron chi connectivity index (χ3n) is 3.42. The highest BCUT2D eigenvalue weighted by molar-refractivity contribution is 14.1. The number of hydrogen-bond donors (Lipinski definition) is 0. The molecule has 0 aliphatic carbocycles. The highest BCUT2D eigenvalue weighted by atomic mass is 127. The Hall–Kier alpha value is -0.780. The molecular formula is C16H14Cl2INO. The van der Waals surface area contributed by atoms with Gasteiger partial charge in [0.25, 0.3) is 5.91 Å². The van der Waals surface area contributed by atoms with E-state index >= 15 is 0 Å². The van der Waals surface area contributed by atoms with Crippen molar-refractivity contribution in [3.05, 3.63) is 67.2 Å². The van der Waals surface area contributed by atoms with E-state index in [0.717, 1.165) is 9.13 Å². The molecule has 0 saturated carbocycles. The molecule has 2 aromatic rings. The van der Waals surface area contributed by atoms with Gasteiger partial charge in [-0.2, -0.15) is 0 Å². The van der Waals surface area contributed by atoms with Crippen molar-refractivity contribution in [1.29, 1.82) is 0 Å². The zero-order chi connectivity index (χ0) is 15.6. The molecule has 21 heavy (non-hydrogen) atoms. The zero-order valence-electron chi connectivity index (χ0n) is 11.6. The molecule has 1 amide bonds. The third-order valence-corrected chi connectivity index (χ3v) is 5.34. The van der Waals surface area contributed by atoms with E-state index in [4.69, 9.17) is 23.2 Å². The average molecular weight is 434 g/mol. The number of nitrogens with zero attached hydrogens (tertiary/aromatic N) is 1. The van der Waals surface area contributed by atoms with E-state index < -0.39 is 0 Å². The SMILES string of the molecule is CC(c1ccccc1Cl)N(C)C(=O)c1ccc(I)c(Cl)c1. The fraction of sp³-hybridized carbons (Fsp3) is 0.188. The molecular weight excluding hydrogens is 420 g/mol. The number of amides is 1. The molecule has 0 fully saturated rings. The standard InChI is InChI=1S/C16H14Cl2INO/c1-10(12-5-3-4-6-13(12)17)20(2)16(21)11-7-8-15(19)14(18)9-11/h3-10H,1-2H3. The fourth-order valence-corrected chi connectivity index (χ4v) is 2.84. The van der Waals surface area contributed by atoms with E-state index in [1.807, 2.05) is 37.3 Å². The first-order valence-corrected chi connectivity index (χ1v) is 8.22. The van der Waals surface area contributed by atoms with Crippen LogP contribution in [0.3, 0.4) is 0 Å². The van der Waals surface area contributed by atoms with Gasteiger partial charge in [-0.3, -0.25) is 4.79 Å². The summed E-state index contributed by atoms with van der Waals surface area (Å²) in [4.78, 5) is 14.2. The summed E-state index contributed by atoms with van der Waals surface area (Å²) in [7, 11) is 1.77. The van der Waals surface area contributed by atoms with Crippen molar-refractivity contribution in [2.45, 2.75) is 13.0 Å². The van der Waals surface area contributed by atoms with Crippen molar-refractivity contribution in [1.82, 2.24) is 4.90 Å². The maximum Gasteiger partial charge on any atom is 0.254 e. The number of carbonyl (C=O) groups excluding carboxylic acids is 1. The molecule has 2 nitrogen and oxygen atoms in total. The van der Waals surface area contributed by atoms with Gasteiger partial charge in [0.2, 0.25) is 0 Å². The minimum atomic E-state index is -0.121. The third kappa shape index (κ3) is 3.71. The van der Waals surface area contributed by atoms with Gasteiger partial charge in [-0.25, -0.2) is 0 Å². The Balaban J connectivity index is 2.26. The second-order valence-corrected chi connectivity index (χ2v) is 6.72. The lowest BCUT2D eigenvalue weighted by molar-refractivity contribution is 0.0742. The second kappa shape index (κ2) is 6.99. The Morgan fingerprint density at radius 3 is 2.43 bits per heavy atom. The lowest BCUT2D eigenvalue weighted by Crippen LogP contribution is -2.29. The number of rotatable bonds is 3. The number of carbonyl (C=O) groups is 1. The Bertz CT molecular complexity index is 675. The van der Waals surface area contributed by atoms with Crippen LogP contribution in [0, 0.1) is 3.57 Å². The molecule has 0 N–H and O–H groups in total. The van der Waals surface area contributed by atoms with E-state index in [1.54, 1.807) is 24.1 Å². The molecule has 110 valence electrons. The van der Waals surface area contributed by atoms with Crippen LogP contribution < -0.4 is 0 Å². The van der Waals surface area contributed by atoms with E-state index in [0.29, 0.717) is 15.6 Å². The Kier molecular flexibility index (Phi) is 5.52. The van der Waals surface area contributed by atoms with Crippen LogP contribution in [0.4, 0.5) is 0 Å². The first-order chi connectivity index (χ1) is 9.91. The van der Waals surface area contributed by atoms with Crippen LogP contribution in [-0.4, -0.2) is 17.9 Å². The van der Waals surface area contributed by atoms with Crippen LogP contribution >= 0.6 is 45.8 Å². The molecule has 0 aromatic heterocycles. The summed E-state index contributed by atoms with van der Waals surface area (Å²) in [5.41, 5.74) is 1.49. The van der Waals surface area contributed by atoms with Crippen LogP contribution in [-0.2, 0) is 0 Å². The summed E-state index contributed by atoms with van der Waals surface area (Å²) < 4.78 is 0.924. The molecule has 1 unspecified atom stereocenters. The average Bonchev–Trinajstić information content (AvgIpc) is 2.48. The maximum atomic E-state index is 12.6. The summed E-state index contributed by atoms with van der Waals surface area (Å²) in [6.07, 6.45) is 0. The number of hydrogen-bond acceptors (Lipinski definition) is 1. The molecule has 0 heterocycles. The minimum Gasteiger partial charge on any atom is -0.335 e. The second-order valence-electron chi connectivity index (χ2n) is 4.74. The predicted octanol–water partition coefficient (Wildman–Crippen LogP) is 5.43. The van der Waals surface area contributed by atoms with Gasteiger partial charge in [0.1, 0.15) is 0 Å². The normalized spacial score (nSPS) is 12.0. The van der Waals surface area contributed by atoms with Gasteiger partial charge in [-0.05, 0) is 59.3 Å². The molecule has 0 spiro atoms. The van der Waals surface area contributed by atoms with E-state index in [2.05, 4.69) is 22.6 Å². The topological polar surface area (TPSA) is 20.3 Å². The van der Waals surface area contributed by atoms with E-state index in [9.17, 15) is 4.79 Å². The zero-order valence-corrected chi connectivity index (χ0v) is 15.3. The van der Waals surface area contributed by atoms with Crippen LogP contribution in [0.15, 0.2) is 42.5 Å². The molecule has 0 radical (unpaired) electrons. The lowest BCUT2D eigenvalue weighted by atomic mass is 10.1. The van der Waals surface area contributed by atoms with Crippen LogP contribution in [0.25, 0.3) is 0 Å². The maximum absolute atomic E-state index is 12.6. The van der Waals surface area contributed by atoms with E-state index in [-0.39, 0.29) is 11.9 Å². The Morgan fingerprint density at radius 1 is 1.14 bits per heavy atom. The van der Waals surface area contributed by atoms with Crippen LogP contribution in [0.1, 0.15) is 28.9 Å². The van der Waals surface area contributed by atoms with Gasteiger partial charge in [-0.1, -0.05) is 41.4 Å². The van der Waals surface area contributed by atoms with E-state index in [1.165, 1.54) is 0 Å². The summed E-state index contributed by atoms with van der Waals surface area (Å²) in [6.45, 7) is 1.95. The highest BCUT2D eigenvalue weighted by Gasteiger charge is 2.21. The highest BCUT2D eigenvalue weighted by Crippen LogP contribution is 2.28. The van der Waals surface area contributed by atoms with Gasteiger partial charge < -0.3 is 4.90 Å². The number of benzene rings is 2. The van der Waals surface area contributed by atoms with Crippen molar-refractivity contribution in [3.63, 3.8) is 0 Å². The first kappa shape index (κ1) is 16.6. The summed E-state index contributed by atoms with van der Waals surface area (Å²) in [6, 6.07) is 12.7. The molecule has 5 heteroatoms. The van der Waals surface area contributed by atoms with Crippen LogP contribution in [0.2, 0.25) is 10.0 Å². The van der Waals surface area contributed by atoms with Crippen LogP contribution in [0.5, 0.6) is 0 Å². The summed E-state index contributed by atoms with van der Waals surface area (Å²) >= 11 is 14.4. The molecule has 2 aromatic carbocycles. The van der Waals surface area contributed by atoms with Crippen molar-refractivity contribution in [3.8, 4) is 0 Å². The fourth-order valence-electron chi connectivity index (χ4n) is 2.03. The lowest BCUT2D eigenvalue weighted by Gasteiger charge is -2.26. The van der Waals surface area contributed by atoms with Gasteiger partial charge in [-0.15, -0.1) is 0 Å². The summed E-state index contributed by atoms with van der Waals surface area (Å²) in [5, 5.41) is 1.24. The monoisotopic (exact) mass is 433 g/mol. The molecule has 2 rings (SSSR count). The Morgan fingerprint density at radius 2 is 1.81 bits per heavy atom. The van der Waals surface area contributed by atoms with Gasteiger partial charge in [0, 0.05) is 21.2 Å². The van der Waals surface area contributed by atoms with Gasteiger partial charge in [0.15, 0.2) is 0 Å². The van der Waals surface area contributed by atoms with Gasteiger partial charge in [0.05, 0.1) is 11.1 Å². The smallest absolute Gasteiger partial charge is 0.254 e. The van der Waals surface area contributed by atoms with Crippen molar-refractivity contribution in [2.75, 3.05) is 7.05 Å². The largest absolute Gasteiger partial charge is 0.335 e. The predicted molar refractivity (Wildman–Crippen MR) is 96.1 cm³/mol. The van der Waals surface area contributed by atoms with Crippen molar-refractivity contribution in [2.24, 2.45) is 0 Å². The molecule has 0 saturated heterocycles. The van der Waals surface area contributed by atoms with Crippen molar-refractivity contribution >= 4 is 51.7 Å². The molecule has 1 atom stereocenters. The molecule has 0 aliphatic rings. The Labute approximate surface area is 148 Å². The van der Waals surface area contributed by atoms with Gasteiger partial charge >= 0.3 is 0 Å². The quantitative estimate of drug-likeness (QED) is 0.591. The number of halogens is 3. The molecule has 0 bridgehead atoms.